The Morgan fingerprint density at radius 1 is 0.909 bits per heavy atom. The number of para-hydroxylation sites is 1. The van der Waals surface area contributed by atoms with Crippen molar-refractivity contribution in [1.29, 1.82) is 0 Å². The number of rotatable bonds is 8. The smallest absolute Gasteiger partial charge is 0.269 e. The molecular weight excluding hydrogens is 440 g/mol. The second-order valence-corrected chi connectivity index (χ2v) is 8.52. The number of nitrogens with one attached hydrogen (secondary N) is 4. The summed E-state index contributed by atoms with van der Waals surface area (Å²) in [5.41, 5.74) is 6.23. The molecule has 0 radical (unpaired) electrons. The predicted molar refractivity (Wildman–Crippen MR) is 132 cm³/mol. The molecule has 0 unspecified atom stereocenters. The second kappa shape index (κ2) is 12.5. The van der Waals surface area contributed by atoms with E-state index in [1.54, 1.807) is 62.4 Å². The standard InChI is InChI=1S/C24H30N4O4S/c1-15(2)13-14-32-20-8-6-5-7-19(20)23(31)26-24(33)28-27-22(30)17-9-11-18(12-10-17)25-21(29)16(3)4/h5-12,15-16H,13-14H2,1-4H3,(H,25,29)(H,27,30)(H2,26,28,31,33). The number of amides is 3. The number of carbonyl (C=O) groups is 3. The van der Waals surface area contributed by atoms with Crippen LogP contribution in [0.3, 0.4) is 0 Å². The van der Waals surface area contributed by atoms with Crippen LogP contribution < -0.4 is 26.2 Å². The summed E-state index contributed by atoms with van der Waals surface area (Å²) in [4.78, 5) is 36.7. The van der Waals surface area contributed by atoms with E-state index in [1.807, 2.05) is 0 Å². The first kappa shape index (κ1) is 25.8. The van der Waals surface area contributed by atoms with Crippen LogP contribution in [0.5, 0.6) is 5.75 Å². The summed E-state index contributed by atoms with van der Waals surface area (Å²) in [5, 5.41) is 5.21. The highest BCUT2D eigenvalue weighted by atomic mass is 32.1. The molecule has 0 aliphatic rings. The van der Waals surface area contributed by atoms with Crippen molar-refractivity contribution in [2.45, 2.75) is 34.1 Å². The van der Waals surface area contributed by atoms with E-state index in [4.69, 9.17) is 17.0 Å². The Morgan fingerprint density at radius 2 is 1.58 bits per heavy atom. The van der Waals surface area contributed by atoms with Gasteiger partial charge in [0.05, 0.1) is 12.2 Å². The van der Waals surface area contributed by atoms with Crippen LogP contribution in [0.4, 0.5) is 5.69 Å². The van der Waals surface area contributed by atoms with Gasteiger partial charge in [-0.2, -0.15) is 0 Å². The lowest BCUT2D eigenvalue weighted by Gasteiger charge is -2.14. The van der Waals surface area contributed by atoms with Crippen LogP contribution in [-0.2, 0) is 4.79 Å². The molecule has 2 aromatic rings. The molecule has 0 heterocycles. The van der Waals surface area contributed by atoms with E-state index in [1.165, 1.54) is 0 Å². The zero-order chi connectivity index (χ0) is 24.4. The maximum Gasteiger partial charge on any atom is 0.269 e. The van der Waals surface area contributed by atoms with Gasteiger partial charge in [0.25, 0.3) is 11.8 Å². The summed E-state index contributed by atoms with van der Waals surface area (Å²) >= 11 is 5.11. The van der Waals surface area contributed by atoms with Crippen LogP contribution in [0, 0.1) is 11.8 Å². The zero-order valence-corrected chi connectivity index (χ0v) is 20.0. The van der Waals surface area contributed by atoms with E-state index < -0.39 is 11.8 Å². The summed E-state index contributed by atoms with van der Waals surface area (Å²) in [7, 11) is 0. The molecule has 4 N–H and O–H groups in total. The van der Waals surface area contributed by atoms with Crippen molar-refractivity contribution < 1.29 is 19.1 Å². The summed E-state index contributed by atoms with van der Waals surface area (Å²) < 4.78 is 5.73. The predicted octanol–water partition coefficient (Wildman–Crippen LogP) is 3.66. The van der Waals surface area contributed by atoms with E-state index in [2.05, 4.69) is 35.3 Å². The van der Waals surface area contributed by atoms with Crippen LogP contribution in [0.25, 0.3) is 0 Å². The van der Waals surface area contributed by atoms with Crippen LogP contribution in [0.2, 0.25) is 0 Å². The van der Waals surface area contributed by atoms with Gasteiger partial charge in [0.1, 0.15) is 5.75 Å². The number of thiocarbonyl (C=S) groups is 1. The maximum atomic E-state index is 12.6. The Balaban J connectivity index is 1.87. The van der Waals surface area contributed by atoms with Gasteiger partial charge in [-0.3, -0.25) is 30.6 Å². The molecule has 3 amide bonds. The Morgan fingerprint density at radius 3 is 2.21 bits per heavy atom. The topological polar surface area (TPSA) is 109 Å². The average Bonchev–Trinajstić information content (AvgIpc) is 2.78. The second-order valence-electron chi connectivity index (χ2n) is 8.11. The van der Waals surface area contributed by atoms with E-state index in [-0.39, 0.29) is 16.9 Å². The van der Waals surface area contributed by atoms with Crippen molar-refractivity contribution in [2.24, 2.45) is 11.8 Å². The molecule has 2 aromatic carbocycles. The molecule has 8 nitrogen and oxygen atoms in total. The van der Waals surface area contributed by atoms with Gasteiger partial charge in [-0.25, -0.2) is 0 Å². The first-order valence-electron chi connectivity index (χ1n) is 10.7. The number of benzene rings is 2. The minimum atomic E-state index is -0.453. The lowest BCUT2D eigenvalue weighted by molar-refractivity contribution is -0.118. The van der Waals surface area contributed by atoms with Gasteiger partial charge >= 0.3 is 0 Å². The molecule has 0 bridgehead atoms. The largest absolute Gasteiger partial charge is 0.493 e. The maximum absolute atomic E-state index is 12.6. The zero-order valence-electron chi connectivity index (χ0n) is 19.2. The van der Waals surface area contributed by atoms with E-state index in [9.17, 15) is 14.4 Å². The minimum Gasteiger partial charge on any atom is -0.493 e. The Labute approximate surface area is 199 Å². The first-order chi connectivity index (χ1) is 15.7. The van der Waals surface area contributed by atoms with Crippen LogP contribution >= 0.6 is 12.2 Å². The highest BCUT2D eigenvalue weighted by molar-refractivity contribution is 7.80. The molecule has 176 valence electrons. The van der Waals surface area contributed by atoms with Gasteiger partial charge in [-0.1, -0.05) is 39.8 Å². The third-order valence-electron chi connectivity index (χ3n) is 4.54. The molecule has 33 heavy (non-hydrogen) atoms. The quantitative estimate of drug-likeness (QED) is 0.346. The molecule has 0 saturated carbocycles. The van der Waals surface area contributed by atoms with Crippen molar-refractivity contribution in [1.82, 2.24) is 16.2 Å². The molecule has 0 aromatic heterocycles. The Bertz CT molecular complexity index is 990. The number of hydrogen-bond donors (Lipinski definition) is 4. The number of anilines is 1. The van der Waals surface area contributed by atoms with Crippen molar-refractivity contribution in [3.05, 3.63) is 59.7 Å². The lowest BCUT2D eigenvalue weighted by atomic mass is 10.1. The third-order valence-corrected chi connectivity index (χ3v) is 4.74. The molecule has 9 heteroatoms. The summed E-state index contributed by atoms with van der Waals surface area (Å²) in [6.45, 7) is 8.28. The van der Waals surface area contributed by atoms with E-state index >= 15 is 0 Å². The molecule has 0 saturated heterocycles. The lowest BCUT2D eigenvalue weighted by Crippen LogP contribution is -2.48. The summed E-state index contributed by atoms with van der Waals surface area (Å²) in [6.07, 6.45) is 0.868. The number of carbonyl (C=O) groups excluding carboxylic acids is 3. The number of ether oxygens (including phenoxy) is 1. The fourth-order valence-electron chi connectivity index (χ4n) is 2.56. The van der Waals surface area contributed by atoms with Gasteiger partial charge in [-0.05, 0) is 61.0 Å². The van der Waals surface area contributed by atoms with Crippen molar-refractivity contribution in [2.75, 3.05) is 11.9 Å². The average molecular weight is 471 g/mol. The van der Waals surface area contributed by atoms with E-state index in [0.717, 1.165) is 6.42 Å². The fraction of sp³-hybridized carbons (Fsp3) is 0.333. The summed E-state index contributed by atoms with van der Waals surface area (Å²) in [5.74, 6) is -0.208. The van der Waals surface area contributed by atoms with Gasteiger partial charge < -0.3 is 10.1 Å². The molecule has 0 aliphatic carbocycles. The van der Waals surface area contributed by atoms with Gasteiger partial charge in [0, 0.05) is 17.2 Å². The molecule has 0 spiro atoms. The highest BCUT2D eigenvalue weighted by Gasteiger charge is 2.14. The molecule has 0 aliphatic heterocycles. The van der Waals surface area contributed by atoms with Crippen LogP contribution in [0.1, 0.15) is 54.8 Å². The third kappa shape index (κ3) is 8.53. The molecule has 2 rings (SSSR count). The fourth-order valence-corrected chi connectivity index (χ4v) is 2.71. The van der Waals surface area contributed by atoms with Crippen molar-refractivity contribution >= 4 is 40.7 Å². The molecular formula is C24H30N4O4S. The number of hydrogen-bond acceptors (Lipinski definition) is 5. The van der Waals surface area contributed by atoms with Crippen molar-refractivity contribution in [3.8, 4) is 5.75 Å². The Kier molecular flexibility index (Phi) is 9.81. The van der Waals surface area contributed by atoms with Gasteiger partial charge in [0.2, 0.25) is 5.91 Å². The molecule has 0 atom stereocenters. The van der Waals surface area contributed by atoms with Crippen LogP contribution in [-0.4, -0.2) is 29.4 Å². The van der Waals surface area contributed by atoms with Gasteiger partial charge in [-0.15, -0.1) is 0 Å². The minimum absolute atomic E-state index is 0.0637. The summed E-state index contributed by atoms with van der Waals surface area (Å²) in [6, 6.07) is 13.3. The normalized spacial score (nSPS) is 10.5. The van der Waals surface area contributed by atoms with E-state index in [0.29, 0.717) is 35.1 Å². The van der Waals surface area contributed by atoms with Crippen LogP contribution in [0.15, 0.2) is 48.5 Å². The van der Waals surface area contributed by atoms with Gasteiger partial charge in [0.15, 0.2) is 5.11 Å². The number of hydrazine groups is 1. The SMILES string of the molecule is CC(C)CCOc1ccccc1C(=O)NC(=S)NNC(=O)c1ccc(NC(=O)C(C)C)cc1. The first-order valence-corrected chi connectivity index (χ1v) is 11.1. The Hall–Kier alpha value is -3.46. The highest BCUT2D eigenvalue weighted by Crippen LogP contribution is 2.18. The van der Waals surface area contributed by atoms with Crippen molar-refractivity contribution in [3.63, 3.8) is 0 Å². The monoisotopic (exact) mass is 470 g/mol. The molecule has 0 fully saturated rings.